The monoisotopic (exact) mass is 234 g/mol. The third-order valence-electron chi connectivity index (χ3n) is 3.31. The van der Waals surface area contributed by atoms with Crippen molar-refractivity contribution in [3.05, 3.63) is 35.4 Å². The van der Waals surface area contributed by atoms with E-state index in [1.54, 1.807) is 0 Å². The van der Waals surface area contributed by atoms with Crippen LogP contribution in [0.3, 0.4) is 0 Å². The van der Waals surface area contributed by atoms with Crippen LogP contribution in [-0.2, 0) is 0 Å². The van der Waals surface area contributed by atoms with Gasteiger partial charge in [0, 0.05) is 25.2 Å². The van der Waals surface area contributed by atoms with Crippen LogP contribution in [0.5, 0.6) is 0 Å². The summed E-state index contributed by atoms with van der Waals surface area (Å²) < 4.78 is 0. The molecule has 3 atom stereocenters. The molecule has 2 unspecified atom stereocenters. The Balaban J connectivity index is 2.08. The Kier molecular flexibility index (Phi) is 3.82. The second-order valence-electron chi connectivity index (χ2n) is 5.21. The van der Waals surface area contributed by atoms with Gasteiger partial charge in [-0.3, -0.25) is 4.90 Å². The highest BCUT2D eigenvalue weighted by molar-refractivity contribution is 5.23. The van der Waals surface area contributed by atoms with Gasteiger partial charge in [-0.25, -0.2) is 0 Å². The first-order chi connectivity index (χ1) is 8.06. The highest BCUT2D eigenvalue weighted by atomic mass is 16.3. The molecule has 94 valence electrons. The first kappa shape index (κ1) is 12.6. The summed E-state index contributed by atoms with van der Waals surface area (Å²) in [5.74, 6) is 0. The van der Waals surface area contributed by atoms with Crippen molar-refractivity contribution < 1.29 is 5.11 Å². The predicted molar refractivity (Wildman–Crippen MR) is 69.8 cm³/mol. The molecule has 1 saturated heterocycles. The standard InChI is InChI=1S/C14H22N2O/c1-10-4-6-13(7-5-10)14(17)16-8-11(2)15-12(3)9-16/h4-7,11-12,14-15,17H,8-9H2,1-3H3/t11-,12?,14?/m1/s1. The van der Waals surface area contributed by atoms with E-state index in [1.807, 2.05) is 24.3 Å². The van der Waals surface area contributed by atoms with Crippen molar-refractivity contribution in [2.24, 2.45) is 0 Å². The summed E-state index contributed by atoms with van der Waals surface area (Å²) in [6.45, 7) is 8.15. The molecule has 0 amide bonds. The van der Waals surface area contributed by atoms with Gasteiger partial charge in [0.05, 0.1) is 0 Å². The number of aliphatic hydroxyl groups excluding tert-OH is 1. The number of hydrogen-bond acceptors (Lipinski definition) is 3. The van der Waals surface area contributed by atoms with E-state index in [1.165, 1.54) is 5.56 Å². The van der Waals surface area contributed by atoms with Crippen molar-refractivity contribution in [3.8, 4) is 0 Å². The molecule has 1 aromatic carbocycles. The van der Waals surface area contributed by atoms with Crippen LogP contribution in [0.2, 0.25) is 0 Å². The molecule has 2 rings (SSSR count). The third kappa shape index (κ3) is 3.06. The van der Waals surface area contributed by atoms with Gasteiger partial charge in [0.1, 0.15) is 6.23 Å². The third-order valence-corrected chi connectivity index (χ3v) is 3.31. The SMILES string of the molecule is Cc1ccc(C(O)N2CC(C)N[C@H](C)C2)cc1. The van der Waals surface area contributed by atoms with Gasteiger partial charge in [0.2, 0.25) is 0 Å². The van der Waals surface area contributed by atoms with E-state index in [2.05, 4.69) is 31.0 Å². The average molecular weight is 234 g/mol. The van der Waals surface area contributed by atoms with Crippen molar-refractivity contribution in [1.82, 2.24) is 10.2 Å². The molecule has 0 radical (unpaired) electrons. The van der Waals surface area contributed by atoms with Gasteiger partial charge in [-0.05, 0) is 26.3 Å². The summed E-state index contributed by atoms with van der Waals surface area (Å²) in [5, 5.41) is 13.8. The minimum Gasteiger partial charge on any atom is -0.374 e. The van der Waals surface area contributed by atoms with Crippen LogP contribution < -0.4 is 5.32 Å². The topological polar surface area (TPSA) is 35.5 Å². The zero-order chi connectivity index (χ0) is 12.4. The van der Waals surface area contributed by atoms with Crippen LogP contribution in [-0.4, -0.2) is 35.2 Å². The summed E-state index contributed by atoms with van der Waals surface area (Å²) >= 11 is 0. The van der Waals surface area contributed by atoms with Crippen LogP contribution in [0.25, 0.3) is 0 Å². The lowest BCUT2D eigenvalue weighted by Crippen LogP contribution is -2.54. The molecule has 0 aliphatic carbocycles. The number of piperazine rings is 1. The number of aliphatic hydroxyl groups is 1. The van der Waals surface area contributed by atoms with Crippen molar-refractivity contribution in [1.29, 1.82) is 0 Å². The van der Waals surface area contributed by atoms with Gasteiger partial charge < -0.3 is 10.4 Å². The maximum Gasteiger partial charge on any atom is 0.133 e. The molecule has 1 fully saturated rings. The maximum atomic E-state index is 10.4. The van der Waals surface area contributed by atoms with Crippen molar-refractivity contribution in [2.75, 3.05) is 13.1 Å². The maximum absolute atomic E-state index is 10.4. The quantitative estimate of drug-likeness (QED) is 0.817. The Morgan fingerprint density at radius 2 is 1.71 bits per heavy atom. The molecule has 1 aliphatic heterocycles. The van der Waals surface area contributed by atoms with E-state index in [4.69, 9.17) is 0 Å². The number of nitrogens with one attached hydrogen (secondary N) is 1. The Morgan fingerprint density at radius 3 is 2.24 bits per heavy atom. The predicted octanol–water partition coefficient (Wildman–Crippen LogP) is 1.67. The number of rotatable bonds is 2. The van der Waals surface area contributed by atoms with E-state index in [0.29, 0.717) is 12.1 Å². The van der Waals surface area contributed by atoms with Crippen LogP contribution in [0, 0.1) is 6.92 Å². The molecule has 3 nitrogen and oxygen atoms in total. The highest BCUT2D eigenvalue weighted by Crippen LogP contribution is 2.20. The van der Waals surface area contributed by atoms with Crippen LogP contribution in [0.15, 0.2) is 24.3 Å². The summed E-state index contributed by atoms with van der Waals surface area (Å²) in [6.07, 6.45) is -0.484. The van der Waals surface area contributed by atoms with Gasteiger partial charge >= 0.3 is 0 Å². The Bertz CT molecular complexity index is 353. The number of hydrogen-bond donors (Lipinski definition) is 2. The van der Waals surface area contributed by atoms with Gasteiger partial charge in [-0.15, -0.1) is 0 Å². The second-order valence-corrected chi connectivity index (χ2v) is 5.21. The molecule has 0 aromatic heterocycles. The molecule has 0 bridgehead atoms. The van der Waals surface area contributed by atoms with E-state index < -0.39 is 6.23 Å². The second kappa shape index (κ2) is 5.17. The fourth-order valence-corrected chi connectivity index (χ4v) is 2.52. The summed E-state index contributed by atoms with van der Waals surface area (Å²) in [4.78, 5) is 2.14. The summed E-state index contributed by atoms with van der Waals surface area (Å²) in [5.41, 5.74) is 2.21. The molecule has 1 heterocycles. The first-order valence-corrected chi connectivity index (χ1v) is 6.31. The molecule has 3 heteroatoms. The Hall–Kier alpha value is -0.900. The van der Waals surface area contributed by atoms with Crippen molar-refractivity contribution in [3.63, 3.8) is 0 Å². The lowest BCUT2D eigenvalue weighted by Gasteiger charge is -2.38. The van der Waals surface area contributed by atoms with Crippen LogP contribution >= 0.6 is 0 Å². The van der Waals surface area contributed by atoms with E-state index in [9.17, 15) is 5.11 Å². The molecule has 0 saturated carbocycles. The fourth-order valence-electron chi connectivity index (χ4n) is 2.52. The van der Waals surface area contributed by atoms with Gasteiger partial charge in [-0.1, -0.05) is 29.8 Å². The minimum atomic E-state index is -0.484. The normalized spacial score (nSPS) is 28.0. The van der Waals surface area contributed by atoms with Gasteiger partial charge in [-0.2, -0.15) is 0 Å². The molecule has 17 heavy (non-hydrogen) atoms. The lowest BCUT2D eigenvalue weighted by atomic mass is 10.1. The Labute approximate surface area is 103 Å². The first-order valence-electron chi connectivity index (χ1n) is 6.31. The number of benzene rings is 1. The van der Waals surface area contributed by atoms with Crippen LogP contribution in [0.4, 0.5) is 0 Å². The molecular formula is C14H22N2O. The van der Waals surface area contributed by atoms with Crippen molar-refractivity contribution >= 4 is 0 Å². The molecule has 0 spiro atoms. The van der Waals surface area contributed by atoms with E-state index >= 15 is 0 Å². The summed E-state index contributed by atoms with van der Waals surface area (Å²) in [6, 6.07) is 8.98. The Morgan fingerprint density at radius 1 is 1.18 bits per heavy atom. The molecule has 1 aliphatic rings. The van der Waals surface area contributed by atoms with Crippen molar-refractivity contribution in [2.45, 2.75) is 39.1 Å². The lowest BCUT2D eigenvalue weighted by molar-refractivity contribution is -0.0231. The van der Waals surface area contributed by atoms with Gasteiger partial charge in [0.25, 0.3) is 0 Å². The largest absolute Gasteiger partial charge is 0.374 e. The number of nitrogens with zero attached hydrogens (tertiary/aromatic N) is 1. The minimum absolute atomic E-state index is 0.429. The van der Waals surface area contributed by atoms with Crippen LogP contribution in [0.1, 0.15) is 31.2 Å². The van der Waals surface area contributed by atoms with E-state index in [-0.39, 0.29) is 0 Å². The molecule has 2 N–H and O–H groups in total. The fraction of sp³-hybridized carbons (Fsp3) is 0.571. The highest BCUT2D eigenvalue weighted by Gasteiger charge is 2.26. The zero-order valence-electron chi connectivity index (χ0n) is 10.9. The zero-order valence-corrected chi connectivity index (χ0v) is 10.9. The number of aryl methyl sites for hydroxylation is 1. The summed E-state index contributed by atoms with van der Waals surface area (Å²) in [7, 11) is 0. The smallest absolute Gasteiger partial charge is 0.133 e. The van der Waals surface area contributed by atoms with E-state index in [0.717, 1.165) is 18.7 Å². The molecular weight excluding hydrogens is 212 g/mol. The van der Waals surface area contributed by atoms with Gasteiger partial charge in [0.15, 0.2) is 0 Å². The molecule has 1 aromatic rings. The average Bonchev–Trinajstić information content (AvgIpc) is 2.28.